The van der Waals surface area contributed by atoms with Crippen molar-refractivity contribution in [3.8, 4) is 0 Å². The number of hydrogen-bond donors (Lipinski definition) is 9. The summed E-state index contributed by atoms with van der Waals surface area (Å²) >= 11 is 0. The molecule has 11 atom stereocenters. The van der Waals surface area contributed by atoms with Crippen LogP contribution in [0.15, 0.2) is 60.2 Å². The topological polar surface area (TPSA) is 321 Å². The zero-order valence-electron chi connectivity index (χ0n) is 46.2. The second-order valence-electron chi connectivity index (χ2n) is 21.5. The van der Waals surface area contributed by atoms with Gasteiger partial charge in [0.2, 0.25) is 23.6 Å². The van der Waals surface area contributed by atoms with Gasteiger partial charge in [-0.25, -0.2) is 9.59 Å². The highest BCUT2D eigenvalue weighted by Crippen LogP contribution is 2.43. The van der Waals surface area contributed by atoms with Crippen molar-refractivity contribution < 1.29 is 62.4 Å². The van der Waals surface area contributed by atoms with Gasteiger partial charge in [0.05, 0.1) is 43.5 Å². The maximum absolute atomic E-state index is 13.8. The van der Waals surface area contributed by atoms with Gasteiger partial charge in [-0.3, -0.25) is 28.8 Å². The number of Topliss-reactive ketones (excluding diaryl/α,β-unsaturated/α-hetero) is 2. The number of unbranched alkanes of at least 4 members (excludes halogenated alkanes) is 1. The molecule has 3 fully saturated rings. The highest BCUT2D eigenvalue weighted by Gasteiger charge is 2.58. The Hall–Kier alpha value is -6.00. The molecule has 0 aliphatic carbocycles. The average molecular weight is 1080 g/mol. The number of anilines is 1. The van der Waals surface area contributed by atoms with E-state index in [-0.39, 0.29) is 92.4 Å². The summed E-state index contributed by atoms with van der Waals surface area (Å²) < 4.78 is 23.6. The molecular formula is C56H86N8O13. The first-order valence-corrected chi connectivity index (χ1v) is 27.1. The third kappa shape index (κ3) is 22.1. The van der Waals surface area contributed by atoms with E-state index in [1.165, 1.54) is 6.92 Å². The number of hydrogen-bond acceptors (Lipinski definition) is 14. The average Bonchev–Trinajstić information content (AvgIpc) is 4.16. The molecule has 7 amide bonds. The van der Waals surface area contributed by atoms with E-state index < -0.39 is 71.8 Å². The van der Waals surface area contributed by atoms with E-state index in [0.29, 0.717) is 62.9 Å². The summed E-state index contributed by atoms with van der Waals surface area (Å²) in [6.45, 7) is 15.4. The molecule has 0 bridgehead atoms. The van der Waals surface area contributed by atoms with Crippen LogP contribution in [-0.2, 0) is 54.3 Å². The van der Waals surface area contributed by atoms with E-state index in [9.17, 15) is 43.5 Å². The van der Waals surface area contributed by atoms with Gasteiger partial charge in [0.15, 0.2) is 11.6 Å². The minimum atomic E-state index is -0.953. The molecule has 428 valence electrons. The monoisotopic (exact) mass is 1080 g/mol. The van der Waals surface area contributed by atoms with Gasteiger partial charge in [-0.1, -0.05) is 76.6 Å². The predicted molar refractivity (Wildman–Crippen MR) is 290 cm³/mol. The number of nitrogens with one attached hydrogen (secondary N) is 6. The number of allylic oxidation sites excluding steroid dienone is 3. The summed E-state index contributed by atoms with van der Waals surface area (Å²) in [6, 6.07) is 3.86. The van der Waals surface area contributed by atoms with E-state index in [4.69, 9.17) is 30.4 Å². The Balaban J connectivity index is 1.24. The number of ether oxygens (including phenoxy) is 4. The molecule has 21 heteroatoms. The lowest BCUT2D eigenvalue weighted by molar-refractivity contribution is -0.143. The summed E-state index contributed by atoms with van der Waals surface area (Å²) in [4.78, 5) is 102. The van der Waals surface area contributed by atoms with E-state index in [1.807, 2.05) is 39.8 Å². The first-order chi connectivity index (χ1) is 36.5. The van der Waals surface area contributed by atoms with Crippen LogP contribution in [0.1, 0.15) is 125 Å². The number of primary amides is 1. The Bertz CT molecular complexity index is 2250. The molecule has 0 unspecified atom stereocenters. The minimum absolute atomic E-state index is 0.0283. The van der Waals surface area contributed by atoms with Crippen LogP contribution in [0.25, 0.3) is 0 Å². The van der Waals surface area contributed by atoms with Crippen molar-refractivity contribution in [2.45, 2.75) is 180 Å². The Morgan fingerprint density at radius 3 is 2.26 bits per heavy atom. The smallest absolute Gasteiger partial charge is 0.407 e. The van der Waals surface area contributed by atoms with E-state index in [0.717, 1.165) is 12.0 Å². The Labute approximate surface area is 453 Å². The summed E-state index contributed by atoms with van der Waals surface area (Å²) in [5.74, 6) is -2.89. The molecule has 77 heavy (non-hydrogen) atoms. The number of aliphatic hydroxyl groups is 1. The van der Waals surface area contributed by atoms with Gasteiger partial charge in [-0.05, 0) is 107 Å². The van der Waals surface area contributed by atoms with Crippen molar-refractivity contribution in [3.63, 3.8) is 0 Å². The summed E-state index contributed by atoms with van der Waals surface area (Å²) in [6.07, 6.45) is 9.57. The van der Waals surface area contributed by atoms with Crippen molar-refractivity contribution in [1.82, 2.24) is 26.6 Å². The van der Waals surface area contributed by atoms with Crippen molar-refractivity contribution in [2.24, 2.45) is 35.1 Å². The zero-order valence-corrected chi connectivity index (χ0v) is 46.2. The van der Waals surface area contributed by atoms with Crippen LogP contribution in [0.3, 0.4) is 0 Å². The number of nitrogens with two attached hydrogens (primary N) is 2. The molecule has 3 aliphatic rings. The molecule has 3 saturated heterocycles. The maximum atomic E-state index is 13.8. The van der Waals surface area contributed by atoms with Crippen LogP contribution in [0, 0.1) is 23.7 Å². The SMILES string of the molecule is CC(=O)N[C@@H](CCCCN)C(=O)N[C@H](C(=O)C[C@@H](CCCNC(N)=O)C(=O)Nc1ccc(COC(=O)NCC(=O)C[C@@H]2C[C@@]3(CO3)[C@H](O)[C@@H](/C=C/C(C)=C/C[C@@H]3O[C@H](C)[C@H](NC(=O)/C=C\C(C)C)C[C@@H]3C)O2)cc1)C(C)C. The summed E-state index contributed by atoms with van der Waals surface area (Å²) in [7, 11) is 0. The van der Waals surface area contributed by atoms with Gasteiger partial charge in [-0.15, -0.1) is 0 Å². The Kier molecular flexibility index (Phi) is 25.9. The zero-order chi connectivity index (χ0) is 56.8. The highest BCUT2D eigenvalue weighted by atomic mass is 16.6. The minimum Gasteiger partial charge on any atom is -0.445 e. The number of benzene rings is 1. The molecule has 21 nitrogen and oxygen atoms in total. The molecule has 0 saturated carbocycles. The summed E-state index contributed by atoms with van der Waals surface area (Å²) in [5.41, 5.74) is 11.9. The number of amides is 7. The lowest BCUT2D eigenvalue weighted by atomic mass is 9.87. The van der Waals surface area contributed by atoms with Gasteiger partial charge < -0.3 is 67.4 Å². The summed E-state index contributed by atoms with van der Waals surface area (Å²) in [5, 5.41) is 27.5. The van der Waals surface area contributed by atoms with Crippen molar-refractivity contribution >= 4 is 53.0 Å². The molecular weight excluding hydrogens is 993 g/mol. The van der Waals surface area contributed by atoms with Crippen LogP contribution < -0.4 is 43.4 Å². The largest absolute Gasteiger partial charge is 0.445 e. The molecule has 3 heterocycles. The van der Waals surface area contributed by atoms with Crippen LogP contribution >= 0.6 is 0 Å². The normalized spacial score (nSPS) is 24.5. The van der Waals surface area contributed by atoms with Crippen LogP contribution in [0.2, 0.25) is 0 Å². The van der Waals surface area contributed by atoms with Gasteiger partial charge in [0, 0.05) is 44.3 Å². The lowest BCUT2D eigenvalue weighted by Gasteiger charge is -2.39. The second kappa shape index (κ2) is 31.4. The number of aliphatic hydroxyl groups excluding tert-OH is 1. The first-order valence-electron chi connectivity index (χ1n) is 27.1. The number of urea groups is 1. The third-order valence-corrected chi connectivity index (χ3v) is 14.0. The highest BCUT2D eigenvalue weighted by molar-refractivity contribution is 5.98. The fourth-order valence-electron chi connectivity index (χ4n) is 9.40. The first kappa shape index (κ1) is 63.5. The molecule has 11 N–H and O–H groups in total. The molecule has 1 aromatic rings. The van der Waals surface area contributed by atoms with Crippen LogP contribution in [0.5, 0.6) is 0 Å². The maximum Gasteiger partial charge on any atom is 0.407 e. The molecule has 0 aromatic heterocycles. The van der Waals surface area contributed by atoms with Gasteiger partial charge >= 0.3 is 12.1 Å². The number of rotatable bonds is 30. The fraction of sp³-hybridized carbons (Fsp3) is 0.643. The van der Waals surface area contributed by atoms with Gasteiger partial charge in [-0.2, -0.15) is 0 Å². The van der Waals surface area contributed by atoms with E-state index >= 15 is 0 Å². The van der Waals surface area contributed by atoms with Crippen molar-refractivity contribution in [3.05, 3.63) is 65.8 Å². The number of ketones is 2. The van der Waals surface area contributed by atoms with Crippen LogP contribution in [0.4, 0.5) is 15.3 Å². The Morgan fingerprint density at radius 2 is 1.62 bits per heavy atom. The molecule has 3 aliphatic heterocycles. The molecule has 4 rings (SSSR count). The number of carbonyl (C=O) groups excluding carboxylic acids is 8. The van der Waals surface area contributed by atoms with Crippen LogP contribution in [-0.4, -0.2) is 133 Å². The van der Waals surface area contributed by atoms with Gasteiger partial charge in [0.1, 0.15) is 30.5 Å². The van der Waals surface area contributed by atoms with Gasteiger partial charge in [0.25, 0.3) is 0 Å². The quantitative estimate of drug-likeness (QED) is 0.0225. The van der Waals surface area contributed by atoms with E-state index in [2.05, 4.69) is 44.9 Å². The second-order valence-corrected chi connectivity index (χ2v) is 21.5. The van der Waals surface area contributed by atoms with Crippen molar-refractivity contribution in [1.29, 1.82) is 0 Å². The predicted octanol–water partition coefficient (Wildman–Crippen LogP) is 4.30. The number of alkyl carbamates (subject to hydrolysis) is 1. The number of carbonyl (C=O) groups is 8. The molecule has 0 radical (unpaired) electrons. The Morgan fingerprint density at radius 1 is 0.909 bits per heavy atom. The van der Waals surface area contributed by atoms with E-state index in [1.54, 1.807) is 50.3 Å². The third-order valence-electron chi connectivity index (χ3n) is 14.0. The molecule has 1 aromatic carbocycles. The fourth-order valence-corrected chi connectivity index (χ4v) is 9.40. The van der Waals surface area contributed by atoms with Crippen molar-refractivity contribution in [2.75, 3.05) is 31.6 Å². The molecule has 1 spiro atoms. The standard InChI is InChI=1S/C56H86N8O13/c1-33(2)14-23-49(68)63-45-26-36(6)47(76-37(45)7)21-15-35(5)16-22-48-51(69)56(32-75-56)29-43(77-48)28-42(66)30-60-55(73)74-31-39-17-19-41(20-18-39)62-52(70)40(12-11-25-59-54(58)72)27-46(67)50(34(3)4)64-53(71)44(61-38(8)65)13-9-10-24-57/h14-20,22-23,33-34,36-37,40,43-45,47-48,50-51,69H,9-13,21,24-32,57H2,1-8H3,(H,60,73)(H,61,65)(H,62,70)(H,63,68)(H,64,71)(H3,58,59,72)/b22-16+,23-14-,35-15+/t36-,37+,40+,43+,44-,45+,47-,48+,50-,51+,56+/m0/s1. The number of epoxide rings is 1. The lowest BCUT2D eigenvalue weighted by Crippen LogP contribution is -2.53.